The fourth-order valence-corrected chi connectivity index (χ4v) is 2.52. The molecule has 0 saturated carbocycles. The number of hydrogen-bond donors (Lipinski definition) is 2. The molecule has 0 amide bonds. The number of nitrogens with zero attached hydrogens (tertiary/aromatic N) is 2. The first-order valence-electron chi connectivity index (χ1n) is 5.33. The van der Waals surface area contributed by atoms with Crippen molar-refractivity contribution < 1.29 is 5.11 Å². The van der Waals surface area contributed by atoms with E-state index in [2.05, 4.69) is 18.9 Å². The highest BCUT2D eigenvalue weighted by molar-refractivity contribution is 5.32. The number of nitrogens with two attached hydrogens (primary N) is 1. The summed E-state index contributed by atoms with van der Waals surface area (Å²) < 4.78 is 1.80. The van der Waals surface area contributed by atoms with Gasteiger partial charge in [-0.05, 0) is 23.8 Å². The van der Waals surface area contributed by atoms with Crippen LogP contribution in [0.3, 0.4) is 0 Å². The Morgan fingerprint density at radius 1 is 1.60 bits per heavy atom. The Morgan fingerprint density at radius 3 is 2.87 bits per heavy atom. The van der Waals surface area contributed by atoms with Gasteiger partial charge >= 0.3 is 0 Å². The van der Waals surface area contributed by atoms with Gasteiger partial charge in [0.05, 0.1) is 24.0 Å². The van der Waals surface area contributed by atoms with Gasteiger partial charge in [-0.2, -0.15) is 5.10 Å². The monoisotopic (exact) mass is 209 g/mol. The van der Waals surface area contributed by atoms with Crippen LogP contribution in [0, 0.1) is 5.41 Å². The van der Waals surface area contributed by atoms with Gasteiger partial charge < -0.3 is 10.8 Å². The second-order valence-corrected chi connectivity index (χ2v) is 5.16. The van der Waals surface area contributed by atoms with Gasteiger partial charge in [-0.1, -0.05) is 13.8 Å². The van der Waals surface area contributed by atoms with E-state index in [9.17, 15) is 5.11 Å². The molecule has 1 aromatic rings. The quantitative estimate of drug-likeness (QED) is 0.709. The van der Waals surface area contributed by atoms with Gasteiger partial charge in [-0.3, -0.25) is 4.68 Å². The third-order valence-corrected chi connectivity index (χ3v) is 3.91. The number of hydrogen-bond acceptors (Lipinski definition) is 3. The van der Waals surface area contributed by atoms with Gasteiger partial charge in [-0.15, -0.1) is 0 Å². The molecule has 4 heteroatoms. The van der Waals surface area contributed by atoms with Gasteiger partial charge in [0.1, 0.15) is 0 Å². The van der Waals surface area contributed by atoms with Crippen molar-refractivity contribution in [1.29, 1.82) is 0 Å². The van der Waals surface area contributed by atoms with E-state index >= 15 is 0 Å². The highest BCUT2D eigenvalue weighted by Gasteiger charge is 2.48. The molecule has 0 bridgehead atoms. The zero-order chi connectivity index (χ0) is 11.3. The van der Waals surface area contributed by atoms with Crippen LogP contribution in [0.2, 0.25) is 0 Å². The topological polar surface area (TPSA) is 64.1 Å². The molecule has 84 valence electrons. The summed E-state index contributed by atoms with van der Waals surface area (Å²) in [6.45, 7) is 4.19. The van der Waals surface area contributed by atoms with Gasteiger partial charge in [0.25, 0.3) is 0 Å². The van der Waals surface area contributed by atoms with Gasteiger partial charge in [-0.25, -0.2) is 0 Å². The molecule has 1 heterocycles. The average Bonchev–Trinajstić information content (AvgIpc) is 2.55. The summed E-state index contributed by atoms with van der Waals surface area (Å²) in [6.07, 6.45) is 3.85. The molecule has 2 rings (SSSR count). The summed E-state index contributed by atoms with van der Waals surface area (Å²) in [5.41, 5.74) is 7.77. The maximum Gasteiger partial charge on any atom is 0.0868 e. The number of aryl methyl sites for hydroxylation is 2. The third-order valence-electron chi connectivity index (χ3n) is 3.91. The summed E-state index contributed by atoms with van der Waals surface area (Å²) in [7, 11) is 1.89. The van der Waals surface area contributed by atoms with E-state index in [1.54, 1.807) is 4.68 Å². The zero-order valence-electron chi connectivity index (χ0n) is 9.62. The summed E-state index contributed by atoms with van der Waals surface area (Å²) in [5, 5.41) is 13.8. The first-order valence-corrected chi connectivity index (χ1v) is 5.33. The standard InChI is InChI=1S/C11H19N3O/c1-10(2)5-4-8-6-13-14(3)9(8)11(10,12)7-15/h6,15H,4-5,7,12H2,1-3H3. The molecule has 0 spiro atoms. The predicted molar refractivity (Wildman–Crippen MR) is 58.3 cm³/mol. The number of aliphatic hydroxyl groups is 1. The molecule has 0 aliphatic heterocycles. The lowest BCUT2D eigenvalue weighted by molar-refractivity contribution is 0.0566. The zero-order valence-corrected chi connectivity index (χ0v) is 9.62. The van der Waals surface area contributed by atoms with Crippen LogP contribution in [-0.2, 0) is 19.0 Å². The molecule has 1 unspecified atom stereocenters. The largest absolute Gasteiger partial charge is 0.394 e. The van der Waals surface area contributed by atoms with E-state index in [1.165, 1.54) is 5.56 Å². The molecule has 3 N–H and O–H groups in total. The molecular formula is C11H19N3O. The van der Waals surface area contributed by atoms with Crippen molar-refractivity contribution in [2.45, 2.75) is 32.2 Å². The molecule has 0 radical (unpaired) electrons. The molecule has 1 aliphatic rings. The Labute approximate surface area is 90.1 Å². The summed E-state index contributed by atoms with van der Waals surface area (Å²) in [5.74, 6) is 0. The SMILES string of the molecule is Cn1ncc2c1C(N)(CO)C(C)(C)CC2. The fourth-order valence-electron chi connectivity index (χ4n) is 2.52. The predicted octanol–water partition coefficient (Wildman–Crippen LogP) is 0.539. The Bertz CT molecular complexity index is 383. The Morgan fingerprint density at radius 2 is 2.27 bits per heavy atom. The van der Waals surface area contributed by atoms with E-state index in [1.807, 2.05) is 13.2 Å². The second kappa shape index (κ2) is 3.06. The lowest BCUT2D eigenvalue weighted by Gasteiger charge is -2.46. The minimum Gasteiger partial charge on any atom is -0.394 e. The number of aliphatic hydroxyl groups excluding tert-OH is 1. The van der Waals surface area contributed by atoms with E-state index in [0.29, 0.717) is 0 Å². The van der Waals surface area contributed by atoms with E-state index in [0.717, 1.165) is 18.5 Å². The first kappa shape index (κ1) is 10.6. The van der Waals surface area contributed by atoms with Crippen LogP contribution >= 0.6 is 0 Å². The minimum atomic E-state index is -0.675. The summed E-state index contributed by atoms with van der Waals surface area (Å²) in [6, 6.07) is 0. The van der Waals surface area contributed by atoms with Crippen LogP contribution in [-0.4, -0.2) is 21.5 Å². The number of aromatic nitrogens is 2. The Balaban J connectivity index is 2.62. The van der Waals surface area contributed by atoms with Crippen LogP contribution in [0.15, 0.2) is 6.20 Å². The highest BCUT2D eigenvalue weighted by atomic mass is 16.3. The van der Waals surface area contributed by atoms with Crippen molar-refractivity contribution in [3.63, 3.8) is 0 Å². The fraction of sp³-hybridized carbons (Fsp3) is 0.727. The van der Waals surface area contributed by atoms with Crippen molar-refractivity contribution in [3.05, 3.63) is 17.5 Å². The molecule has 0 saturated heterocycles. The van der Waals surface area contributed by atoms with Crippen molar-refractivity contribution in [1.82, 2.24) is 9.78 Å². The molecular weight excluding hydrogens is 190 g/mol. The maximum absolute atomic E-state index is 9.61. The highest BCUT2D eigenvalue weighted by Crippen LogP contribution is 2.45. The first-order chi connectivity index (χ1) is 6.92. The van der Waals surface area contributed by atoms with Crippen LogP contribution in [0.25, 0.3) is 0 Å². The van der Waals surface area contributed by atoms with Gasteiger partial charge in [0.15, 0.2) is 0 Å². The van der Waals surface area contributed by atoms with Crippen LogP contribution < -0.4 is 5.73 Å². The van der Waals surface area contributed by atoms with Crippen molar-refractivity contribution >= 4 is 0 Å². The van der Waals surface area contributed by atoms with Gasteiger partial charge in [0, 0.05) is 7.05 Å². The molecule has 0 fully saturated rings. The van der Waals surface area contributed by atoms with E-state index in [4.69, 9.17) is 5.73 Å². The van der Waals surface area contributed by atoms with Crippen molar-refractivity contribution in [2.24, 2.45) is 18.2 Å². The van der Waals surface area contributed by atoms with Gasteiger partial charge in [0.2, 0.25) is 0 Å². The van der Waals surface area contributed by atoms with Crippen LogP contribution in [0.5, 0.6) is 0 Å². The smallest absolute Gasteiger partial charge is 0.0868 e. The molecule has 1 aliphatic carbocycles. The molecule has 1 atom stereocenters. The Hall–Kier alpha value is -0.870. The number of rotatable bonds is 1. The summed E-state index contributed by atoms with van der Waals surface area (Å²) >= 11 is 0. The van der Waals surface area contributed by atoms with Crippen LogP contribution in [0.1, 0.15) is 31.5 Å². The second-order valence-electron chi connectivity index (χ2n) is 5.16. The van der Waals surface area contributed by atoms with E-state index in [-0.39, 0.29) is 12.0 Å². The Kier molecular flexibility index (Phi) is 2.17. The van der Waals surface area contributed by atoms with Crippen molar-refractivity contribution in [2.75, 3.05) is 6.61 Å². The minimum absolute atomic E-state index is 0.0352. The lowest BCUT2D eigenvalue weighted by Crippen LogP contribution is -2.56. The third kappa shape index (κ3) is 1.25. The molecule has 0 aromatic carbocycles. The maximum atomic E-state index is 9.61. The van der Waals surface area contributed by atoms with Crippen molar-refractivity contribution in [3.8, 4) is 0 Å². The summed E-state index contributed by atoms with van der Waals surface area (Å²) in [4.78, 5) is 0. The van der Waals surface area contributed by atoms with Crippen LogP contribution in [0.4, 0.5) is 0 Å². The number of fused-ring (bicyclic) bond motifs is 1. The normalized spacial score (nSPS) is 28.9. The molecule has 1 aromatic heterocycles. The van der Waals surface area contributed by atoms with E-state index < -0.39 is 5.54 Å². The lowest BCUT2D eigenvalue weighted by atomic mass is 9.63. The average molecular weight is 209 g/mol. The molecule has 4 nitrogen and oxygen atoms in total. The molecule has 15 heavy (non-hydrogen) atoms.